The van der Waals surface area contributed by atoms with Crippen LogP contribution in [-0.4, -0.2) is 33.8 Å². The van der Waals surface area contributed by atoms with Crippen LogP contribution in [0.2, 0.25) is 0 Å². The first kappa shape index (κ1) is 21.2. The summed E-state index contributed by atoms with van der Waals surface area (Å²) in [4.78, 5) is 23.0. The second-order valence-corrected chi connectivity index (χ2v) is 6.30. The highest BCUT2D eigenvalue weighted by molar-refractivity contribution is 5.76. The molecule has 2 rings (SSSR count). The van der Waals surface area contributed by atoms with E-state index < -0.39 is 4.92 Å². The van der Waals surface area contributed by atoms with Crippen LogP contribution in [0.25, 0.3) is 0 Å². The minimum Gasteiger partial charge on any atom is -0.490 e. The maximum atomic E-state index is 12.4. The van der Waals surface area contributed by atoms with Crippen LogP contribution in [0.15, 0.2) is 18.2 Å². The average Bonchev–Trinajstić information content (AvgIpc) is 2.90. The second kappa shape index (κ2) is 9.20. The van der Waals surface area contributed by atoms with Gasteiger partial charge in [-0.15, -0.1) is 0 Å². The van der Waals surface area contributed by atoms with Crippen LogP contribution >= 0.6 is 0 Å². The van der Waals surface area contributed by atoms with Crippen LogP contribution in [0.1, 0.15) is 43.8 Å². The Hall–Kier alpha value is -3.10. The normalized spacial score (nSPS) is 11.8. The van der Waals surface area contributed by atoms with E-state index in [9.17, 15) is 14.9 Å². The number of nitrogens with one attached hydrogen (secondary N) is 1. The molecule has 0 fully saturated rings. The summed E-state index contributed by atoms with van der Waals surface area (Å²) in [5.41, 5.74) is 1.44. The van der Waals surface area contributed by atoms with Crippen molar-refractivity contribution in [1.82, 2.24) is 15.1 Å². The van der Waals surface area contributed by atoms with Crippen LogP contribution in [0, 0.1) is 24.0 Å². The molecular weight excluding hydrogens is 364 g/mol. The first-order valence-electron chi connectivity index (χ1n) is 9.15. The van der Waals surface area contributed by atoms with Gasteiger partial charge < -0.3 is 14.8 Å². The Bertz CT molecular complexity index is 862. The fourth-order valence-electron chi connectivity index (χ4n) is 2.95. The summed E-state index contributed by atoms with van der Waals surface area (Å²) in [6, 6.07) is 5.24. The maximum Gasteiger partial charge on any atom is 0.312 e. The molecule has 1 unspecified atom stereocenters. The Morgan fingerprint density at radius 1 is 1.25 bits per heavy atom. The van der Waals surface area contributed by atoms with E-state index in [1.54, 1.807) is 13.8 Å². The van der Waals surface area contributed by atoms with E-state index in [2.05, 4.69) is 10.4 Å². The largest absolute Gasteiger partial charge is 0.490 e. The number of ether oxygens (including phenoxy) is 2. The summed E-state index contributed by atoms with van der Waals surface area (Å²) >= 11 is 0. The highest BCUT2D eigenvalue weighted by Crippen LogP contribution is 2.30. The zero-order valence-corrected chi connectivity index (χ0v) is 16.8. The lowest BCUT2D eigenvalue weighted by Crippen LogP contribution is -2.30. The number of carbonyl (C=O) groups is 1. The van der Waals surface area contributed by atoms with E-state index >= 15 is 0 Å². The molecule has 0 aliphatic carbocycles. The fraction of sp³-hybridized carbons (Fsp3) is 0.474. The van der Waals surface area contributed by atoms with Crippen LogP contribution in [-0.2, 0) is 11.3 Å². The molecule has 0 bridgehead atoms. The van der Waals surface area contributed by atoms with Crippen molar-refractivity contribution in [3.8, 4) is 11.5 Å². The van der Waals surface area contributed by atoms with Crippen molar-refractivity contribution in [1.29, 1.82) is 0 Å². The topological polar surface area (TPSA) is 109 Å². The number of carbonyl (C=O) groups excluding carboxylic acids is 1. The summed E-state index contributed by atoms with van der Waals surface area (Å²) in [7, 11) is 0. The lowest BCUT2D eigenvalue weighted by Gasteiger charge is -2.17. The average molecular weight is 390 g/mol. The number of benzene rings is 1. The van der Waals surface area contributed by atoms with Crippen molar-refractivity contribution in [2.24, 2.45) is 0 Å². The first-order chi connectivity index (χ1) is 13.3. The third-order valence-electron chi connectivity index (χ3n) is 4.26. The number of hydrogen-bond acceptors (Lipinski definition) is 6. The molecular formula is C19H26N4O5. The van der Waals surface area contributed by atoms with Gasteiger partial charge in [-0.25, -0.2) is 0 Å². The molecule has 0 radical (unpaired) electrons. The van der Waals surface area contributed by atoms with E-state index in [1.165, 1.54) is 4.68 Å². The SMILES string of the molecule is CCOc1ccc(C(C)NC(=O)Cn2nc(C)c([N+](=O)[O-])c2C)cc1OCC. The van der Waals surface area contributed by atoms with Gasteiger partial charge in [0.1, 0.15) is 17.9 Å². The van der Waals surface area contributed by atoms with Gasteiger partial charge in [-0.3, -0.25) is 19.6 Å². The van der Waals surface area contributed by atoms with Gasteiger partial charge in [0, 0.05) is 0 Å². The molecule has 1 amide bonds. The minimum absolute atomic E-state index is 0.0614. The molecule has 0 spiro atoms. The number of amides is 1. The molecule has 9 nitrogen and oxygen atoms in total. The van der Waals surface area contributed by atoms with Gasteiger partial charge >= 0.3 is 5.69 Å². The van der Waals surface area contributed by atoms with Gasteiger partial charge in [0.15, 0.2) is 11.5 Å². The van der Waals surface area contributed by atoms with E-state index in [4.69, 9.17) is 9.47 Å². The summed E-state index contributed by atoms with van der Waals surface area (Å²) < 4.78 is 12.5. The van der Waals surface area contributed by atoms with Crippen molar-refractivity contribution in [3.63, 3.8) is 0 Å². The summed E-state index contributed by atoms with van der Waals surface area (Å²) in [6.45, 7) is 9.71. The summed E-state index contributed by atoms with van der Waals surface area (Å²) in [5.74, 6) is 0.985. The van der Waals surface area contributed by atoms with Crippen molar-refractivity contribution in [2.45, 2.75) is 47.2 Å². The Morgan fingerprint density at radius 3 is 2.46 bits per heavy atom. The number of aromatic nitrogens is 2. The summed E-state index contributed by atoms with van der Waals surface area (Å²) in [6.07, 6.45) is 0. The molecule has 1 N–H and O–H groups in total. The van der Waals surface area contributed by atoms with Crippen molar-refractivity contribution in [3.05, 3.63) is 45.3 Å². The molecule has 0 saturated heterocycles. The molecule has 9 heteroatoms. The first-order valence-corrected chi connectivity index (χ1v) is 9.15. The second-order valence-electron chi connectivity index (χ2n) is 6.30. The number of rotatable bonds is 9. The Morgan fingerprint density at radius 2 is 1.89 bits per heavy atom. The summed E-state index contributed by atoms with van der Waals surface area (Å²) in [5, 5.41) is 18.1. The van der Waals surface area contributed by atoms with Gasteiger partial charge in [0.05, 0.1) is 24.2 Å². The van der Waals surface area contributed by atoms with Crippen molar-refractivity contribution < 1.29 is 19.2 Å². The highest BCUT2D eigenvalue weighted by Gasteiger charge is 2.23. The third-order valence-corrected chi connectivity index (χ3v) is 4.26. The zero-order chi connectivity index (χ0) is 20.8. The van der Waals surface area contributed by atoms with Crippen LogP contribution in [0.3, 0.4) is 0 Å². The number of nitrogens with zero attached hydrogens (tertiary/aromatic N) is 3. The quantitative estimate of drug-likeness (QED) is 0.521. The molecule has 152 valence electrons. The van der Waals surface area contributed by atoms with Crippen molar-refractivity contribution in [2.75, 3.05) is 13.2 Å². The molecule has 1 aromatic heterocycles. The van der Waals surface area contributed by atoms with E-state index in [-0.39, 0.29) is 29.9 Å². The molecule has 28 heavy (non-hydrogen) atoms. The molecule has 2 aromatic rings. The van der Waals surface area contributed by atoms with Gasteiger partial charge in [0.25, 0.3) is 0 Å². The molecule has 0 saturated carbocycles. The standard InChI is InChI=1S/C19H26N4O5/c1-6-27-16-9-8-15(10-17(16)28-7-2)12(3)20-18(24)11-22-14(5)19(23(25)26)13(4)21-22/h8-10,12H,6-7,11H2,1-5H3,(H,20,24). The van der Waals surface area contributed by atoms with Crippen LogP contribution in [0.5, 0.6) is 11.5 Å². The van der Waals surface area contributed by atoms with Gasteiger partial charge in [-0.2, -0.15) is 5.10 Å². The number of hydrogen-bond donors (Lipinski definition) is 1. The number of nitro groups is 1. The molecule has 1 atom stereocenters. The Kier molecular flexibility index (Phi) is 6.97. The smallest absolute Gasteiger partial charge is 0.312 e. The third kappa shape index (κ3) is 4.79. The Balaban J connectivity index is 2.11. The predicted octanol–water partition coefficient (Wildman–Crippen LogP) is 3.08. The zero-order valence-electron chi connectivity index (χ0n) is 16.8. The van der Waals surface area contributed by atoms with Gasteiger partial charge in [0.2, 0.25) is 5.91 Å². The van der Waals surface area contributed by atoms with E-state index in [0.29, 0.717) is 30.4 Å². The fourth-order valence-corrected chi connectivity index (χ4v) is 2.95. The van der Waals surface area contributed by atoms with E-state index in [0.717, 1.165) is 5.56 Å². The molecule has 1 aromatic carbocycles. The Labute approximate surface area is 163 Å². The highest BCUT2D eigenvalue weighted by atomic mass is 16.6. The minimum atomic E-state index is -0.482. The lowest BCUT2D eigenvalue weighted by molar-refractivity contribution is -0.386. The predicted molar refractivity (Wildman–Crippen MR) is 104 cm³/mol. The lowest BCUT2D eigenvalue weighted by atomic mass is 10.1. The molecule has 1 heterocycles. The molecule has 0 aliphatic rings. The number of aryl methyl sites for hydroxylation is 1. The maximum absolute atomic E-state index is 12.4. The van der Waals surface area contributed by atoms with Crippen LogP contribution < -0.4 is 14.8 Å². The molecule has 0 aliphatic heterocycles. The van der Waals surface area contributed by atoms with Gasteiger partial charge in [-0.05, 0) is 52.3 Å². The van der Waals surface area contributed by atoms with Gasteiger partial charge in [-0.1, -0.05) is 6.07 Å². The van der Waals surface area contributed by atoms with Crippen LogP contribution in [0.4, 0.5) is 5.69 Å². The van der Waals surface area contributed by atoms with Crippen molar-refractivity contribution >= 4 is 11.6 Å². The van der Waals surface area contributed by atoms with E-state index in [1.807, 2.05) is 39.0 Å². The monoisotopic (exact) mass is 390 g/mol.